The normalized spacial score (nSPS) is 22.7. The van der Waals surface area contributed by atoms with Crippen LogP contribution in [0, 0.1) is 11.8 Å². The second-order valence-corrected chi connectivity index (χ2v) is 6.16. The van der Waals surface area contributed by atoms with Gasteiger partial charge < -0.3 is 4.98 Å². The summed E-state index contributed by atoms with van der Waals surface area (Å²) in [4.78, 5) is 33.9. The molecule has 2 N–H and O–H groups in total. The Morgan fingerprint density at radius 3 is 2.95 bits per heavy atom. The molecule has 2 aromatic heterocycles. The van der Waals surface area contributed by atoms with Crippen LogP contribution in [0.3, 0.4) is 0 Å². The molecule has 0 aliphatic heterocycles. The van der Waals surface area contributed by atoms with Crippen LogP contribution in [0.1, 0.15) is 45.4 Å². The summed E-state index contributed by atoms with van der Waals surface area (Å²) in [5.41, 5.74) is 0.116. The van der Waals surface area contributed by atoms with Crippen molar-refractivity contribution in [3.63, 3.8) is 0 Å². The van der Waals surface area contributed by atoms with Crippen LogP contribution in [-0.2, 0) is 6.54 Å². The molecular formula is C15H22N4O2. The minimum absolute atomic E-state index is 0.260. The minimum Gasteiger partial charge on any atom is -0.339 e. The van der Waals surface area contributed by atoms with Crippen LogP contribution in [-0.4, -0.2) is 19.5 Å². The summed E-state index contributed by atoms with van der Waals surface area (Å²) in [5, 5.41) is 0. The first-order valence-electron chi connectivity index (χ1n) is 7.85. The van der Waals surface area contributed by atoms with E-state index >= 15 is 0 Å². The lowest BCUT2D eigenvalue weighted by Crippen LogP contribution is -2.38. The number of rotatable bonds is 4. The lowest BCUT2D eigenvalue weighted by atomic mass is 9.79. The molecule has 0 saturated heterocycles. The van der Waals surface area contributed by atoms with Crippen LogP contribution in [0.2, 0.25) is 0 Å². The van der Waals surface area contributed by atoms with E-state index in [0.29, 0.717) is 23.6 Å². The van der Waals surface area contributed by atoms with E-state index in [0.717, 1.165) is 18.8 Å². The van der Waals surface area contributed by atoms with Crippen molar-refractivity contribution >= 4 is 11.2 Å². The van der Waals surface area contributed by atoms with E-state index in [-0.39, 0.29) is 11.2 Å². The van der Waals surface area contributed by atoms with E-state index in [4.69, 9.17) is 0 Å². The summed E-state index contributed by atoms with van der Waals surface area (Å²) in [6, 6.07) is 0. The molecule has 2 aromatic rings. The Kier molecular flexibility index (Phi) is 3.94. The van der Waals surface area contributed by atoms with Crippen LogP contribution >= 0.6 is 0 Å². The molecule has 2 atom stereocenters. The van der Waals surface area contributed by atoms with Crippen molar-refractivity contribution in [2.45, 2.75) is 52.0 Å². The molecule has 1 saturated carbocycles. The number of fused-ring (bicyclic) bond motifs is 1. The summed E-state index contributed by atoms with van der Waals surface area (Å²) in [7, 11) is 0. The Morgan fingerprint density at radius 2 is 2.14 bits per heavy atom. The average Bonchev–Trinajstić information content (AvgIpc) is 2.92. The number of hydrogen-bond donors (Lipinski definition) is 2. The third-order valence-electron chi connectivity index (χ3n) is 4.60. The monoisotopic (exact) mass is 290 g/mol. The quantitative estimate of drug-likeness (QED) is 0.903. The van der Waals surface area contributed by atoms with Gasteiger partial charge in [0.25, 0.3) is 5.56 Å². The van der Waals surface area contributed by atoms with Crippen LogP contribution in [0.4, 0.5) is 0 Å². The van der Waals surface area contributed by atoms with Crippen molar-refractivity contribution in [1.82, 2.24) is 19.5 Å². The Morgan fingerprint density at radius 1 is 1.33 bits per heavy atom. The predicted octanol–water partition coefficient (Wildman–Crippen LogP) is 2.02. The summed E-state index contributed by atoms with van der Waals surface area (Å²) in [5.74, 6) is 1.17. The smallest absolute Gasteiger partial charge is 0.330 e. The van der Waals surface area contributed by atoms with Gasteiger partial charge in [-0.2, -0.15) is 0 Å². The van der Waals surface area contributed by atoms with E-state index in [2.05, 4.69) is 21.9 Å². The molecule has 0 radical (unpaired) electrons. The highest BCUT2D eigenvalue weighted by Crippen LogP contribution is 2.32. The second kappa shape index (κ2) is 5.87. The van der Waals surface area contributed by atoms with Crippen LogP contribution in [0.25, 0.3) is 11.2 Å². The maximum absolute atomic E-state index is 12.4. The van der Waals surface area contributed by atoms with E-state index in [9.17, 15) is 9.59 Å². The van der Waals surface area contributed by atoms with E-state index < -0.39 is 0 Å². The summed E-state index contributed by atoms with van der Waals surface area (Å²) >= 11 is 0. The van der Waals surface area contributed by atoms with Gasteiger partial charge in [0, 0.05) is 6.54 Å². The fraction of sp³-hybridized carbons (Fsp3) is 0.667. The molecule has 21 heavy (non-hydrogen) atoms. The molecule has 6 nitrogen and oxygen atoms in total. The molecule has 2 heterocycles. The van der Waals surface area contributed by atoms with Crippen molar-refractivity contribution in [3.8, 4) is 0 Å². The third-order valence-corrected chi connectivity index (χ3v) is 4.60. The highest BCUT2D eigenvalue weighted by atomic mass is 16.2. The van der Waals surface area contributed by atoms with Crippen LogP contribution in [0.15, 0.2) is 15.9 Å². The number of aromatic amines is 2. The molecule has 0 bridgehead atoms. The third kappa shape index (κ3) is 2.80. The first kappa shape index (κ1) is 14.1. The number of imidazole rings is 1. The Bertz CT molecular complexity index is 725. The maximum Gasteiger partial charge on any atom is 0.330 e. The summed E-state index contributed by atoms with van der Waals surface area (Å²) in [6.45, 7) is 2.73. The fourth-order valence-corrected chi connectivity index (χ4v) is 3.61. The zero-order chi connectivity index (χ0) is 14.8. The van der Waals surface area contributed by atoms with Crippen LogP contribution in [0.5, 0.6) is 0 Å². The van der Waals surface area contributed by atoms with E-state index in [1.54, 1.807) is 0 Å². The molecule has 114 valence electrons. The molecule has 0 spiro atoms. The van der Waals surface area contributed by atoms with E-state index in [1.807, 2.05) is 0 Å². The van der Waals surface area contributed by atoms with Gasteiger partial charge >= 0.3 is 5.69 Å². The van der Waals surface area contributed by atoms with E-state index in [1.165, 1.54) is 36.6 Å². The average molecular weight is 290 g/mol. The number of nitrogens with one attached hydrogen (secondary N) is 2. The van der Waals surface area contributed by atoms with Crippen molar-refractivity contribution in [1.29, 1.82) is 0 Å². The van der Waals surface area contributed by atoms with Gasteiger partial charge in [-0.3, -0.25) is 14.3 Å². The van der Waals surface area contributed by atoms with Crippen molar-refractivity contribution < 1.29 is 0 Å². The van der Waals surface area contributed by atoms with Gasteiger partial charge in [0.05, 0.1) is 6.33 Å². The second-order valence-electron chi connectivity index (χ2n) is 6.16. The molecule has 3 rings (SSSR count). The van der Waals surface area contributed by atoms with Crippen molar-refractivity contribution in [2.24, 2.45) is 11.8 Å². The molecule has 0 aromatic carbocycles. The highest BCUT2D eigenvalue weighted by molar-refractivity contribution is 5.67. The molecule has 1 aliphatic carbocycles. The molecule has 2 unspecified atom stereocenters. The number of nitrogens with zero attached hydrogens (tertiary/aromatic N) is 2. The van der Waals surface area contributed by atoms with Crippen molar-refractivity contribution in [2.75, 3.05) is 0 Å². The molecular weight excluding hydrogens is 268 g/mol. The zero-order valence-corrected chi connectivity index (χ0v) is 12.4. The van der Waals surface area contributed by atoms with Gasteiger partial charge in [0.15, 0.2) is 5.65 Å². The topological polar surface area (TPSA) is 83.5 Å². The standard InChI is InChI=1S/C15H22N4O2/c1-2-4-10-5-3-6-11(7-10)8-19-14(20)12-13(17-9-16-12)18-15(19)21/h9-11H,2-8H2,1H3,(H,16,17)(H,18,21). The van der Waals surface area contributed by atoms with Gasteiger partial charge in [0.2, 0.25) is 0 Å². The number of H-pyrrole nitrogens is 2. The van der Waals surface area contributed by atoms with Crippen LogP contribution < -0.4 is 11.2 Å². The summed E-state index contributed by atoms with van der Waals surface area (Å²) < 4.78 is 1.33. The Balaban J connectivity index is 1.84. The maximum atomic E-state index is 12.4. The predicted molar refractivity (Wildman–Crippen MR) is 81.3 cm³/mol. The first-order valence-corrected chi connectivity index (χ1v) is 7.85. The number of aromatic nitrogens is 4. The van der Waals surface area contributed by atoms with Crippen molar-refractivity contribution in [3.05, 3.63) is 27.2 Å². The fourth-order valence-electron chi connectivity index (χ4n) is 3.61. The Labute approximate surface area is 122 Å². The lowest BCUT2D eigenvalue weighted by Gasteiger charge is -2.29. The van der Waals surface area contributed by atoms with Gasteiger partial charge in [-0.1, -0.05) is 32.6 Å². The lowest BCUT2D eigenvalue weighted by molar-refractivity contribution is 0.229. The number of hydrogen-bond acceptors (Lipinski definition) is 3. The van der Waals surface area contributed by atoms with Gasteiger partial charge in [0.1, 0.15) is 5.52 Å². The zero-order valence-electron chi connectivity index (χ0n) is 12.4. The highest BCUT2D eigenvalue weighted by Gasteiger charge is 2.23. The van der Waals surface area contributed by atoms with Gasteiger partial charge in [-0.15, -0.1) is 0 Å². The first-order chi connectivity index (χ1) is 10.2. The van der Waals surface area contributed by atoms with Gasteiger partial charge in [-0.05, 0) is 24.7 Å². The molecule has 0 amide bonds. The molecule has 1 fully saturated rings. The largest absolute Gasteiger partial charge is 0.339 e. The summed E-state index contributed by atoms with van der Waals surface area (Å²) in [6.07, 6.45) is 8.61. The Hall–Kier alpha value is -1.85. The minimum atomic E-state index is -0.350. The molecule has 6 heteroatoms. The SMILES string of the molecule is CCCC1CCCC(Cn2c(=O)[nH]c3nc[nH]c3c2=O)C1. The van der Waals surface area contributed by atoms with Gasteiger partial charge in [-0.25, -0.2) is 9.78 Å². The molecule has 1 aliphatic rings.